The van der Waals surface area contributed by atoms with E-state index in [-0.39, 0.29) is 0 Å². The van der Waals surface area contributed by atoms with E-state index >= 15 is 0 Å². The van der Waals surface area contributed by atoms with Crippen LogP contribution in [0.1, 0.15) is 0 Å². The van der Waals surface area contributed by atoms with Crippen molar-refractivity contribution >= 4 is 30.0 Å². The van der Waals surface area contributed by atoms with Gasteiger partial charge in [-0.05, 0) is 0 Å². The molecule has 0 fully saturated rings. The first-order valence-corrected chi connectivity index (χ1v) is 11.6. The summed E-state index contributed by atoms with van der Waals surface area (Å²) in [6, 6.07) is 0. The minimum absolute atomic E-state index is 0.854. The smallest absolute Gasteiger partial charge is 0.561 e. The van der Waals surface area contributed by atoms with Crippen LogP contribution in [0.3, 0.4) is 0 Å². The zero-order chi connectivity index (χ0) is 15.1. The predicted octanol–water partition coefficient (Wildman–Crippen LogP) is -0.776. The minimum Gasteiger partial charge on any atom is -0.588 e. The fourth-order valence-corrected chi connectivity index (χ4v) is 0. The Hall–Kier alpha value is 0.550. The molecule has 0 rings (SSSR count). The van der Waals surface area contributed by atoms with Crippen molar-refractivity contribution in [3.8, 4) is 0 Å². The Morgan fingerprint density at radius 2 is 1.06 bits per heavy atom. The summed E-state index contributed by atoms with van der Waals surface area (Å²) >= 11 is 0. The molecule has 0 aromatic carbocycles. The molecule has 0 spiro atoms. The summed E-state index contributed by atoms with van der Waals surface area (Å²) in [5.41, 5.74) is 0. The van der Waals surface area contributed by atoms with Gasteiger partial charge in [0.25, 0.3) is 0 Å². The van der Waals surface area contributed by atoms with Crippen LogP contribution in [0, 0.1) is 0 Å². The Balaban J connectivity index is -0.000000177. The second-order valence-electron chi connectivity index (χ2n) is 2.94. The molecule has 6 N–H and O–H groups in total. The van der Waals surface area contributed by atoms with Gasteiger partial charge in [-0.2, -0.15) is 0 Å². The number of hydrogen-bond donors (Lipinski definition) is 4. The maximum Gasteiger partial charge on any atom is 0.561 e. The van der Waals surface area contributed by atoms with Gasteiger partial charge in [0, 0.05) is 6.66 Å². The maximum absolute atomic E-state index is 9.88. The Labute approximate surface area is 98.2 Å². The van der Waals surface area contributed by atoms with E-state index in [0.29, 0.717) is 0 Å². The van der Waals surface area contributed by atoms with Gasteiger partial charge in [-0.3, -0.25) is 14.4 Å². The fraction of sp³-hybridized carbons (Fsp3) is 1.00. The molecule has 0 aromatic rings. The summed E-state index contributed by atoms with van der Waals surface area (Å²) in [6.45, 7) is 3.67. The normalized spacial score (nSPS) is 12.6. The molecule has 17 heavy (non-hydrogen) atoms. The maximum atomic E-state index is 9.88. The molecule has 0 saturated heterocycles. The molecule has 0 aromatic heterocycles. The number of rotatable bonds is 1. The highest BCUT2D eigenvalue weighted by atomic mass is 32.1. The highest BCUT2D eigenvalue weighted by molar-refractivity contribution is 8.19. The molecule has 0 aliphatic rings. The monoisotopic (exact) mass is 335 g/mol. The highest BCUT2D eigenvalue weighted by Gasteiger charge is 2.30. The second-order valence-corrected chi connectivity index (χ2v) is 11.4. The van der Waals surface area contributed by atoms with Crippen molar-refractivity contribution in [2.75, 3.05) is 20.0 Å². The molecular formula is C3H15O10P4+. The van der Waals surface area contributed by atoms with Gasteiger partial charge < -0.3 is 19.6 Å². The van der Waals surface area contributed by atoms with Crippen LogP contribution in [0.4, 0.5) is 0 Å². The fourth-order valence-electron chi connectivity index (χ4n) is 0. The van der Waals surface area contributed by atoms with Crippen LogP contribution < -0.4 is 4.89 Å². The topological polar surface area (TPSA) is 195 Å². The van der Waals surface area contributed by atoms with E-state index in [2.05, 4.69) is 0 Å². The minimum atomic E-state index is -4.78. The molecule has 0 aliphatic heterocycles. The van der Waals surface area contributed by atoms with Gasteiger partial charge in [0.15, 0.2) is 0 Å². The van der Waals surface area contributed by atoms with Gasteiger partial charge in [-0.1, -0.05) is 4.57 Å². The van der Waals surface area contributed by atoms with Crippen molar-refractivity contribution in [1.82, 2.24) is 0 Å². The van der Waals surface area contributed by atoms with Crippen LogP contribution in [-0.4, -0.2) is 44.5 Å². The zero-order valence-corrected chi connectivity index (χ0v) is 12.7. The summed E-state index contributed by atoms with van der Waals surface area (Å²) in [5, 5.41) is 0. The summed E-state index contributed by atoms with van der Waals surface area (Å²) in [4.78, 5) is 46.3. The summed E-state index contributed by atoms with van der Waals surface area (Å²) in [5.74, 6) is 0. The van der Waals surface area contributed by atoms with Crippen LogP contribution in [0.5, 0.6) is 0 Å². The lowest BCUT2D eigenvalue weighted by Crippen LogP contribution is -1.84. The lowest BCUT2D eigenvalue weighted by Gasteiger charge is -1.85. The quantitative estimate of drug-likeness (QED) is 0.351. The van der Waals surface area contributed by atoms with Crippen molar-refractivity contribution in [3.63, 3.8) is 0 Å². The molecule has 106 valence electrons. The molecule has 0 aliphatic carbocycles. The van der Waals surface area contributed by atoms with Gasteiger partial charge in [-0.15, -0.1) is 0 Å². The molecule has 1 atom stereocenters. The zero-order valence-electron chi connectivity index (χ0n) is 9.12. The highest BCUT2D eigenvalue weighted by Crippen LogP contribution is 2.56. The van der Waals surface area contributed by atoms with E-state index in [1.165, 1.54) is 13.3 Å². The van der Waals surface area contributed by atoms with Gasteiger partial charge in [0.1, 0.15) is 0 Å². The number of hydrogen-bond acceptors (Lipinski definition) is 5. The molecule has 0 radical (unpaired) electrons. The Morgan fingerprint density at radius 3 is 1.06 bits per heavy atom. The van der Waals surface area contributed by atoms with E-state index in [9.17, 15) is 23.2 Å². The van der Waals surface area contributed by atoms with Crippen LogP contribution in [0.15, 0.2) is 0 Å². The molecule has 0 amide bonds. The van der Waals surface area contributed by atoms with Gasteiger partial charge in [0.05, 0.1) is 13.3 Å². The molecule has 14 heteroatoms. The average molecular weight is 335 g/mol. The van der Waals surface area contributed by atoms with Crippen molar-refractivity contribution in [3.05, 3.63) is 0 Å². The molecule has 0 heterocycles. The third-order valence-corrected chi connectivity index (χ3v) is 1.91. The van der Waals surface area contributed by atoms with E-state index in [0.717, 1.165) is 6.66 Å². The van der Waals surface area contributed by atoms with Gasteiger partial charge in [0.2, 0.25) is 0 Å². The predicted molar refractivity (Wildman–Crippen MR) is 60.7 cm³/mol. The molecule has 0 saturated carbocycles. The van der Waals surface area contributed by atoms with E-state index < -0.39 is 30.0 Å². The molecule has 0 bridgehead atoms. The standard InChI is InChI=1S/C2H7O2P.CH5O3P.H2O5P2/c2*1-5(2,3)4;1-6(2)7(3,4)5/h1-2H3,(H,3,4);1H3,(H2,2,3,4);(H2,3,4,5)/p+1. The first kappa shape index (κ1) is 22.7. The lowest BCUT2D eigenvalue weighted by molar-refractivity contribution is -0.159. The van der Waals surface area contributed by atoms with Crippen LogP contribution in [-0.2, 0) is 18.3 Å². The largest absolute Gasteiger partial charge is 0.588 e. The summed E-state index contributed by atoms with van der Waals surface area (Å²) in [7, 11) is -14.4. The van der Waals surface area contributed by atoms with E-state index in [4.69, 9.17) is 24.5 Å². The third kappa shape index (κ3) is 81.7. The Morgan fingerprint density at radius 1 is 1.00 bits per heavy atom. The lowest BCUT2D eigenvalue weighted by atomic mass is 11.9. The second kappa shape index (κ2) is 8.62. The molecule has 1 unspecified atom stereocenters. The first-order valence-electron chi connectivity index (χ1n) is 3.48. The van der Waals surface area contributed by atoms with Crippen molar-refractivity contribution in [2.24, 2.45) is 0 Å². The Kier molecular flexibility index (Phi) is 11.5. The third-order valence-electron chi connectivity index (χ3n) is 0.213. The molecular weight excluding hydrogens is 320 g/mol. The first-order chi connectivity index (χ1) is 6.94. The van der Waals surface area contributed by atoms with Crippen LogP contribution in [0.2, 0.25) is 0 Å². The van der Waals surface area contributed by atoms with Crippen LogP contribution >= 0.6 is 30.0 Å². The van der Waals surface area contributed by atoms with Gasteiger partial charge >= 0.3 is 30.0 Å². The van der Waals surface area contributed by atoms with Crippen LogP contribution in [0.25, 0.3) is 0 Å². The summed E-state index contributed by atoms with van der Waals surface area (Å²) in [6.07, 6.45) is 0. The van der Waals surface area contributed by atoms with Crippen molar-refractivity contribution in [2.45, 2.75) is 0 Å². The van der Waals surface area contributed by atoms with E-state index in [1.54, 1.807) is 0 Å². The van der Waals surface area contributed by atoms with E-state index in [1.807, 2.05) is 0 Å². The SMILES string of the molecule is CP(=O)(O)O.CP(C)(=O)[OH2+].O=[P+]([O-])P(=O)(O)O. The average Bonchev–Trinajstić information content (AvgIpc) is 1.74. The Bertz CT molecular complexity index is 319. The molecule has 10 nitrogen and oxygen atoms in total. The van der Waals surface area contributed by atoms with Crippen molar-refractivity contribution < 1.29 is 47.6 Å². The summed E-state index contributed by atoms with van der Waals surface area (Å²) < 4.78 is 37.9. The van der Waals surface area contributed by atoms with Crippen molar-refractivity contribution in [1.29, 1.82) is 0 Å². The van der Waals surface area contributed by atoms with Gasteiger partial charge in [-0.25, -0.2) is 9.13 Å².